The van der Waals surface area contributed by atoms with Crippen LogP contribution in [0.15, 0.2) is 18.2 Å². The Bertz CT molecular complexity index is 496. The minimum atomic E-state index is -0.868. The van der Waals surface area contributed by atoms with Gasteiger partial charge in [0.15, 0.2) is 0 Å². The monoisotopic (exact) mass is 277 g/mol. The number of rotatable bonds is 6. The summed E-state index contributed by atoms with van der Waals surface area (Å²) in [5, 5.41) is 11.6. The Hall–Kier alpha value is -1.84. The van der Waals surface area contributed by atoms with Crippen LogP contribution in [0.2, 0.25) is 0 Å². The summed E-state index contributed by atoms with van der Waals surface area (Å²) in [5.74, 6) is -1.13. The molecule has 1 aromatic rings. The number of hydrogen-bond donors (Lipinski definition) is 2. The third kappa shape index (κ3) is 5.03. The van der Waals surface area contributed by atoms with Gasteiger partial charge in [-0.1, -0.05) is 30.7 Å². The summed E-state index contributed by atoms with van der Waals surface area (Å²) in [5.41, 5.74) is 3.40. The van der Waals surface area contributed by atoms with Crippen LogP contribution in [0.4, 0.5) is 0 Å². The van der Waals surface area contributed by atoms with Crippen LogP contribution in [0, 0.1) is 19.8 Å². The maximum Gasteiger partial charge on any atom is 0.303 e. The quantitative estimate of drug-likeness (QED) is 0.840. The highest BCUT2D eigenvalue weighted by molar-refractivity contribution is 5.77. The number of carboxylic acid groups (broad SMARTS) is 1. The van der Waals surface area contributed by atoms with Crippen LogP contribution >= 0.6 is 0 Å². The number of hydrogen-bond acceptors (Lipinski definition) is 2. The van der Waals surface area contributed by atoms with Gasteiger partial charge in [0.2, 0.25) is 5.91 Å². The maximum absolute atomic E-state index is 11.9. The van der Waals surface area contributed by atoms with Gasteiger partial charge in [0.05, 0.1) is 6.04 Å². The largest absolute Gasteiger partial charge is 0.481 e. The standard InChI is InChI=1S/C16H23NO3/c1-10-5-6-12(3)14(7-10)13(4)17-15(18)8-11(2)9-16(19)20/h5-7,11,13H,8-9H2,1-4H3,(H,17,18)(H,19,20). The molecule has 0 bridgehead atoms. The molecule has 0 heterocycles. The molecular formula is C16H23NO3. The number of benzene rings is 1. The first kappa shape index (κ1) is 16.2. The second-order valence-corrected chi connectivity index (χ2v) is 5.56. The zero-order valence-electron chi connectivity index (χ0n) is 12.6. The number of carbonyl (C=O) groups is 2. The Morgan fingerprint density at radius 1 is 1.20 bits per heavy atom. The zero-order valence-corrected chi connectivity index (χ0v) is 12.6. The Balaban J connectivity index is 2.61. The van der Waals surface area contributed by atoms with Crippen molar-refractivity contribution in [3.63, 3.8) is 0 Å². The molecule has 0 spiro atoms. The molecule has 0 aliphatic heterocycles. The zero-order chi connectivity index (χ0) is 15.3. The van der Waals surface area contributed by atoms with Crippen molar-refractivity contribution in [3.05, 3.63) is 34.9 Å². The van der Waals surface area contributed by atoms with E-state index in [0.29, 0.717) is 0 Å². The van der Waals surface area contributed by atoms with E-state index in [0.717, 1.165) is 16.7 Å². The van der Waals surface area contributed by atoms with Crippen molar-refractivity contribution in [3.8, 4) is 0 Å². The Morgan fingerprint density at radius 2 is 1.85 bits per heavy atom. The van der Waals surface area contributed by atoms with Gasteiger partial charge in [0, 0.05) is 12.8 Å². The summed E-state index contributed by atoms with van der Waals surface area (Å²) >= 11 is 0. The van der Waals surface area contributed by atoms with Gasteiger partial charge in [-0.05, 0) is 37.8 Å². The summed E-state index contributed by atoms with van der Waals surface area (Å²) in [6.45, 7) is 7.76. The van der Waals surface area contributed by atoms with Gasteiger partial charge in [-0.15, -0.1) is 0 Å². The van der Waals surface area contributed by atoms with Crippen molar-refractivity contribution >= 4 is 11.9 Å². The van der Waals surface area contributed by atoms with E-state index in [4.69, 9.17) is 5.11 Å². The summed E-state index contributed by atoms with van der Waals surface area (Å²) in [4.78, 5) is 22.5. The van der Waals surface area contributed by atoms with E-state index in [2.05, 4.69) is 11.4 Å². The molecular weight excluding hydrogens is 254 g/mol. The van der Waals surface area contributed by atoms with Crippen LogP contribution in [-0.2, 0) is 9.59 Å². The molecule has 0 fully saturated rings. The predicted molar refractivity (Wildman–Crippen MR) is 78.5 cm³/mol. The molecule has 2 unspecified atom stereocenters. The van der Waals surface area contributed by atoms with Crippen LogP contribution in [0.1, 0.15) is 49.4 Å². The fourth-order valence-corrected chi connectivity index (χ4v) is 2.29. The number of aliphatic carboxylic acids is 1. The second kappa shape index (κ2) is 7.08. The number of carboxylic acids is 1. The van der Waals surface area contributed by atoms with Crippen molar-refractivity contribution in [1.82, 2.24) is 5.32 Å². The highest BCUT2D eigenvalue weighted by atomic mass is 16.4. The number of carbonyl (C=O) groups excluding carboxylic acids is 1. The third-order valence-electron chi connectivity index (χ3n) is 3.34. The van der Waals surface area contributed by atoms with Crippen molar-refractivity contribution in [2.24, 2.45) is 5.92 Å². The van der Waals surface area contributed by atoms with Gasteiger partial charge >= 0.3 is 5.97 Å². The lowest BCUT2D eigenvalue weighted by molar-refractivity contribution is -0.138. The molecule has 0 saturated heterocycles. The number of amides is 1. The second-order valence-electron chi connectivity index (χ2n) is 5.56. The van der Waals surface area contributed by atoms with Gasteiger partial charge in [-0.2, -0.15) is 0 Å². The van der Waals surface area contributed by atoms with Crippen LogP contribution in [0.25, 0.3) is 0 Å². The van der Waals surface area contributed by atoms with E-state index in [1.807, 2.05) is 32.9 Å². The summed E-state index contributed by atoms with van der Waals surface area (Å²) in [7, 11) is 0. The molecule has 0 aromatic heterocycles. The van der Waals surface area contributed by atoms with Crippen LogP contribution in [0.3, 0.4) is 0 Å². The maximum atomic E-state index is 11.9. The lowest BCUT2D eigenvalue weighted by Gasteiger charge is -2.18. The molecule has 1 amide bonds. The normalized spacial score (nSPS) is 13.6. The fourth-order valence-electron chi connectivity index (χ4n) is 2.29. The van der Waals surface area contributed by atoms with Crippen LogP contribution in [-0.4, -0.2) is 17.0 Å². The highest BCUT2D eigenvalue weighted by Gasteiger charge is 2.16. The average molecular weight is 277 g/mol. The lowest BCUT2D eigenvalue weighted by atomic mass is 9.99. The SMILES string of the molecule is Cc1ccc(C)c(C(C)NC(=O)CC(C)CC(=O)O)c1. The molecule has 110 valence electrons. The molecule has 0 saturated carbocycles. The minimum absolute atomic E-state index is 0.0191. The van der Waals surface area contributed by atoms with E-state index < -0.39 is 5.97 Å². The van der Waals surface area contributed by atoms with E-state index in [1.165, 1.54) is 0 Å². The van der Waals surface area contributed by atoms with Crippen molar-refractivity contribution in [1.29, 1.82) is 0 Å². The van der Waals surface area contributed by atoms with Crippen LogP contribution in [0.5, 0.6) is 0 Å². The van der Waals surface area contributed by atoms with Gasteiger partial charge in [0.25, 0.3) is 0 Å². The van der Waals surface area contributed by atoms with Crippen molar-refractivity contribution in [2.75, 3.05) is 0 Å². The molecule has 1 rings (SSSR count). The average Bonchev–Trinajstić information content (AvgIpc) is 2.30. The third-order valence-corrected chi connectivity index (χ3v) is 3.34. The molecule has 2 N–H and O–H groups in total. The van der Waals surface area contributed by atoms with Crippen LogP contribution < -0.4 is 5.32 Å². The molecule has 20 heavy (non-hydrogen) atoms. The van der Waals surface area contributed by atoms with Crippen molar-refractivity contribution < 1.29 is 14.7 Å². The molecule has 4 heteroatoms. The van der Waals surface area contributed by atoms with Gasteiger partial charge in [-0.3, -0.25) is 9.59 Å². The van der Waals surface area contributed by atoms with E-state index in [1.54, 1.807) is 6.92 Å². The molecule has 0 radical (unpaired) electrons. The van der Waals surface area contributed by atoms with Gasteiger partial charge < -0.3 is 10.4 Å². The Morgan fingerprint density at radius 3 is 2.45 bits per heavy atom. The van der Waals surface area contributed by atoms with Crippen molar-refractivity contribution in [2.45, 2.75) is 46.6 Å². The van der Waals surface area contributed by atoms with E-state index in [-0.39, 0.29) is 30.7 Å². The lowest BCUT2D eigenvalue weighted by Crippen LogP contribution is -2.28. The van der Waals surface area contributed by atoms with Gasteiger partial charge in [-0.25, -0.2) is 0 Å². The smallest absolute Gasteiger partial charge is 0.303 e. The molecule has 4 nitrogen and oxygen atoms in total. The number of nitrogens with one attached hydrogen (secondary N) is 1. The first-order valence-corrected chi connectivity index (χ1v) is 6.88. The summed E-state index contributed by atoms with van der Waals surface area (Å²) in [6, 6.07) is 6.09. The Kier molecular flexibility index (Phi) is 5.74. The number of aryl methyl sites for hydroxylation is 2. The molecule has 1 aromatic carbocycles. The molecule has 0 aliphatic rings. The fraction of sp³-hybridized carbons (Fsp3) is 0.500. The molecule has 2 atom stereocenters. The first-order chi connectivity index (χ1) is 9.29. The predicted octanol–water partition coefficient (Wildman–Crippen LogP) is 2.98. The van der Waals surface area contributed by atoms with E-state index >= 15 is 0 Å². The first-order valence-electron chi connectivity index (χ1n) is 6.88. The minimum Gasteiger partial charge on any atom is -0.481 e. The topological polar surface area (TPSA) is 66.4 Å². The summed E-state index contributed by atoms with van der Waals surface area (Å²) < 4.78 is 0. The summed E-state index contributed by atoms with van der Waals surface area (Å²) in [6.07, 6.45) is 0.257. The highest BCUT2D eigenvalue weighted by Crippen LogP contribution is 2.19. The molecule has 0 aliphatic carbocycles. The van der Waals surface area contributed by atoms with Gasteiger partial charge in [0.1, 0.15) is 0 Å². The van der Waals surface area contributed by atoms with E-state index in [9.17, 15) is 9.59 Å². The Labute approximate surface area is 120 Å².